The number of amides is 2. The molecule has 1 heterocycles. The average Bonchev–Trinajstić information content (AvgIpc) is 3.53. The molecule has 1 aromatic rings. The molecule has 9 nitrogen and oxygen atoms in total. The topological polar surface area (TPSA) is 125 Å². The fraction of sp³-hybridized carbons (Fsp3) is 0.560. The van der Waals surface area contributed by atoms with Gasteiger partial charge >= 0.3 is 6.18 Å². The van der Waals surface area contributed by atoms with Crippen LogP contribution in [0.3, 0.4) is 0 Å². The third kappa shape index (κ3) is 5.30. The van der Waals surface area contributed by atoms with E-state index in [1.807, 2.05) is 0 Å². The van der Waals surface area contributed by atoms with Gasteiger partial charge in [-0.3, -0.25) is 14.4 Å². The molecule has 0 radical (unpaired) electrons. The highest BCUT2D eigenvalue weighted by molar-refractivity contribution is 5.96. The largest absolute Gasteiger partial charge is 0.493 e. The summed E-state index contributed by atoms with van der Waals surface area (Å²) in [6.45, 7) is -2.11. The molecule has 2 amide bonds. The van der Waals surface area contributed by atoms with E-state index in [4.69, 9.17) is 14.6 Å². The molecule has 0 unspecified atom stereocenters. The number of carbonyl (C=O) groups excluding carboxylic acids is 3. The minimum absolute atomic E-state index is 0.0380. The zero-order valence-electron chi connectivity index (χ0n) is 20.2. The van der Waals surface area contributed by atoms with Gasteiger partial charge in [-0.2, -0.15) is 13.2 Å². The van der Waals surface area contributed by atoms with E-state index in [-0.39, 0.29) is 35.8 Å². The summed E-state index contributed by atoms with van der Waals surface area (Å²) in [7, 11) is 1.34. The van der Waals surface area contributed by atoms with Gasteiger partial charge in [0.25, 0.3) is 0 Å². The van der Waals surface area contributed by atoms with Gasteiger partial charge in [0.2, 0.25) is 11.8 Å². The van der Waals surface area contributed by atoms with Crippen LogP contribution in [0.5, 0.6) is 11.5 Å². The van der Waals surface area contributed by atoms with Crippen molar-refractivity contribution >= 4 is 18.1 Å². The number of methoxy groups -OCH3 is 1. The Morgan fingerprint density at radius 2 is 1.97 bits per heavy atom. The molecule has 4 rings (SSSR count). The van der Waals surface area contributed by atoms with Gasteiger partial charge < -0.3 is 29.9 Å². The molecule has 1 fully saturated rings. The van der Waals surface area contributed by atoms with Crippen LogP contribution in [0.2, 0.25) is 0 Å². The summed E-state index contributed by atoms with van der Waals surface area (Å²) in [6.07, 6.45) is -3.53. The molecule has 3 aliphatic rings. The molecule has 202 valence electrons. The molecule has 12 heteroatoms. The van der Waals surface area contributed by atoms with E-state index in [1.165, 1.54) is 25.3 Å². The molecule has 0 saturated heterocycles. The van der Waals surface area contributed by atoms with Gasteiger partial charge in [-0.25, -0.2) is 0 Å². The number of carbonyl (C=O) groups is 3. The SMILES string of the molecule is COc1cc(C=O)cc2c1O[C@@H]1[C@@H](O)[C@H](N(CC(F)(F)F)C(=O)C3CCCC3)C=C(C(=O)NCCO)[C@H]21. The Labute approximate surface area is 211 Å². The zero-order chi connectivity index (χ0) is 26.9. The second kappa shape index (κ2) is 10.7. The smallest absolute Gasteiger partial charge is 0.406 e. The molecule has 0 spiro atoms. The van der Waals surface area contributed by atoms with Gasteiger partial charge in [-0.15, -0.1) is 0 Å². The van der Waals surface area contributed by atoms with Crippen LogP contribution in [0.15, 0.2) is 23.8 Å². The first kappa shape index (κ1) is 26.9. The van der Waals surface area contributed by atoms with E-state index in [0.29, 0.717) is 29.6 Å². The second-order valence-electron chi connectivity index (χ2n) is 9.46. The maximum absolute atomic E-state index is 13.6. The number of halogens is 3. The van der Waals surface area contributed by atoms with Crippen molar-refractivity contribution in [1.29, 1.82) is 0 Å². The normalized spacial score (nSPS) is 25.0. The van der Waals surface area contributed by atoms with Crippen LogP contribution < -0.4 is 14.8 Å². The molecule has 1 aliphatic heterocycles. The number of aliphatic hydroxyl groups is 2. The van der Waals surface area contributed by atoms with Crippen LogP contribution in [-0.4, -0.2) is 84.4 Å². The van der Waals surface area contributed by atoms with E-state index in [1.54, 1.807) is 0 Å². The number of aliphatic hydroxyl groups excluding tert-OH is 2. The van der Waals surface area contributed by atoms with Crippen LogP contribution in [0.25, 0.3) is 0 Å². The molecule has 3 N–H and O–H groups in total. The number of rotatable bonds is 8. The van der Waals surface area contributed by atoms with Gasteiger partial charge in [0.05, 0.1) is 25.7 Å². The number of ether oxygens (including phenoxy) is 2. The Morgan fingerprint density at radius 1 is 1.27 bits per heavy atom. The Kier molecular flexibility index (Phi) is 7.79. The lowest BCUT2D eigenvalue weighted by molar-refractivity contribution is -0.172. The van der Waals surface area contributed by atoms with Crippen LogP contribution in [0, 0.1) is 5.92 Å². The van der Waals surface area contributed by atoms with Crippen molar-refractivity contribution < 1.29 is 47.2 Å². The van der Waals surface area contributed by atoms with Crippen molar-refractivity contribution in [2.75, 3.05) is 26.8 Å². The lowest BCUT2D eigenvalue weighted by atomic mass is 9.77. The van der Waals surface area contributed by atoms with Crippen molar-refractivity contribution in [2.45, 2.75) is 56.0 Å². The highest BCUT2D eigenvalue weighted by atomic mass is 19.4. The summed E-state index contributed by atoms with van der Waals surface area (Å²) in [5.74, 6) is -2.70. The third-order valence-corrected chi connectivity index (χ3v) is 7.11. The highest BCUT2D eigenvalue weighted by Gasteiger charge is 2.53. The first-order valence-electron chi connectivity index (χ1n) is 12.1. The van der Waals surface area contributed by atoms with Gasteiger partial charge in [-0.1, -0.05) is 12.8 Å². The number of fused-ring (bicyclic) bond motifs is 3. The van der Waals surface area contributed by atoms with E-state index < -0.39 is 54.6 Å². The molecule has 0 bridgehead atoms. The number of benzene rings is 1. The first-order chi connectivity index (χ1) is 17.6. The maximum Gasteiger partial charge on any atom is 0.406 e. The van der Waals surface area contributed by atoms with Gasteiger partial charge in [0, 0.05) is 29.2 Å². The average molecular weight is 527 g/mol. The van der Waals surface area contributed by atoms with Crippen LogP contribution >= 0.6 is 0 Å². The van der Waals surface area contributed by atoms with E-state index >= 15 is 0 Å². The summed E-state index contributed by atoms with van der Waals surface area (Å²) in [4.78, 5) is 38.5. The summed E-state index contributed by atoms with van der Waals surface area (Å²) < 4.78 is 52.2. The quantitative estimate of drug-likeness (QED) is 0.441. The van der Waals surface area contributed by atoms with Crippen LogP contribution in [0.4, 0.5) is 13.2 Å². The zero-order valence-corrected chi connectivity index (χ0v) is 20.2. The second-order valence-corrected chi connectivity index (χ2v) is 9.46. The fourth-order valence-electron chi connectivity index (χ4n) is 5.49. The van der Waals surface area contributed by atoms with Crippen LogP contribution in [-0.2, 0) is 9.59 Å². The van der Waals surface area contributed by atoms with Gasteiger partial charge in [-0.05, 0) is 31.1 Å². The molecule has 2 aliphatic carbocycles. The summed E-state index contributed by atoms with van der Waals surface area (Å²) in [5, 5.41) is 23.0. The number of alkyl halides is 3. The van der Waals surface area contributed by atoms with Gasteiger partial charge in [0.15, 0.2) is 11.5 Å². The van der Waals surface area contributed by atoms with Crippen molar-refractivity contribution in [3.05, 3.63) is 34.9 Å². The standard InChI is InChI=1S/C25H29F3N2O7/c1-36-18-9-13(11-32)8-15-19-16(23(34)29-6-7-31)10-17(20(33)22(19)37-21(15)18)30(12-25(26,27)28)24(35)14-4-2-3-5-14/h8-11,14,17,19-20,22,31,33H,2-7,12H2,1H3,(H,29,34)/t17-,19+,20+,22+/m1/s1. The molecule has 1 aromatic carbocycles. The number of nitrogens with one attached hydrogen (secondary N) is 1. The van der Waals surface area contributed by atoms with E-state index in [2.05, 4.69) is 5.32 Å². The Balaban J connectivity index is 1.82. The maximum atomic E-state index is 13.6. The highest BCUT2D eigenvalue weighted by Crippen LogP contribution is 2.51. The Bertz CT molecular complexity index is 1080. The predicted molar refractivity (Wildman–Crippen MR) is 123 cm³/mol. The lowest BCUT2D eigenvalue weighted by Gasteiger charge is -2.41. The minimum Gasteiger partial charge on any atom is -0.493 e. The number of aldehydes is 1. The minimum atomic E-state index is -4.75. The number of hydrogen-bond acceptors (Lipinski definition) is 7. The van der Waals surface area contributed by atoms with Crippen molar-refractivity contribution in [2.24, 2.45) is 5.92 Å². The summed E-state index contributed by atoms with van der Waals surface area (Å²) in [6, 6.07) is 1.37. The molecule has 1 saturated carbocycles. The Morgan fingerprint density at radius 3 is 2.57 bits per heavy atom. The van der Waals surface area contributed by atoms with Crippen molar-refractivity contribution in [1.82, 2.24) is 10.2 Å². The molecule has 37 heavy (non-hydrogen) atoms. The number of hydrogen-bond donors (Lipinski definition) is 3. The molecular formula is C25H29F3N2O7. The third-order valence-electron chi connectivity index (χ3n) is 7.11. The first-order valence-corrected chi connectivity index (χ1v) is 12.1. The lowest BCUT2D eigenvalue weighted by Crippen LogP contribution is -2.58. The van der Waals surface area contributed by atoms with Gasteiger partial charge in [0.1, 0.15) is 25.0 Å². The number of nitrogens with zero attached hydrogens (tertiary/aromatic N) is 1. The Hall–Kier alpha value is -3.12. The van der Waals surface area contributed by atoms with Crippen LogP contribution in [0.1, 0.15) is 47.5 Å². The molecular weight excluding hydrogens is 497 g/mol. The van der Waals surface area contributed by atoms with E-state index in [9.17, 15) is 32.7 Å². The summed E-state index contributed by atoms with van der Waals surface area (Å²) >= 11 is 0. The van der Waals surface area contributed by atoms with Crippen molar-refractivity contribution in [3.63, 3.8) is 0 Å². The summed E-state index contributed by atoms with van der Waals surface area (Å²) in [5.41, 5.74) is 0.518. The molecule has 0 aromatic heterocycles. The van der Waals surface area contributed by atoms with E-state index in [0.717, 1.165) is 12.8 Å². The van der Waals surface area contributed by atoms with Crippen molar-refractivity contribution in [3.8, 4) is 11.5 Å². The fourth-order valence-corrected chi connectivity index (χ4v) is 5.49. The molecule has 4 atom stereocenters. The monoisotopic (exact) mass is 526 g/mol. The predicted octanol–water partition coefficient (Wildman–Crippen LogP) is 1.71.